The molecule has 17 heavy (non-hydrogen) atoms. The normalized spacial score (nSPS) is 29.1. The Morgan fingerprint density at radius 1 is 1.24 bits per heavy atom. The van der Waals surface area contributed by atoms with Crippen LogP contribution in [0.1, 0.15) is 53.4 Å². The summed E-state index contributed by atoms with van der Waals surface area (Å²) in [7, 11) is 0. The Balaban J connectivity index is 2.46. The molecule has 0 aromatic rings. The summed E-state index contributed by atoms with van der Waals surface area (Å²) in [5, 5.41) is 0. The minimum atomic E-state index is 0.458. The summed E-state index contributed by atoms with van der Waals surface area (Å²) >= 11 is 2.50. The van der Waals surface area contributed by atoms with E-state index in [2.05, 4.69) is 50.3 Å². The Labute approximate surface area is 121 Å². The number of rotatable bonds is 8. The Hall–Kier alpha value is 0.690. The van der Waals surface area contributed by atoms with Crippen molar-refractivity contribution in [1.82, 2.24) is 0 Å². The first-order chi connectivity index (χ1) is 8.02. The standard InChI is InChI=1S/C15H30IN/c1-5-15(17)14-9-13(14)11(4)12(10(2)3)7-6-8-16/h10-15H,5-9,17H2,1-4H3. The Morgan fingerprint density at radius 2 is 1.88 bits per heavy atom. The molecule has 1 saturated carbocycles. The molecule has 0 spiro atoms. The van der Waals surface area contributed by atoms with Gasteiger partial charge >= 0.3 is 0 Å². The van der Waals surface area contributed by atoms with Crippen molar-refractivity contribution in [3.63, 3.8) is 0 Å². The van der Waals surface area contributed by atoms with Gasteiger partial charge in [0.15, 0.2) is 0 Å². The Bertz CT molecular complexity index is 217. The summed E-state index contributed by atoms with van der Waals surface area (Å²) < 4.78 is 1.30. The fraction of sp³-hybridized carbons (Fsp3) is 1.00. The molecule has 2 heteroatoms. The van der Waals surface area contributed by atoms with Crippen LogP contribution < -0.4 is 5.73 Å². The SMILES string of the molecule is CCC(N)C1CC1C(C)C(CCCI)C(C)C. The number of hydrogen-bond acceptors (Lipinski definition) is 1. The zero-order valence-electron chi connectivity index (χ0n) is 12.0. The van der Waals surface area contributed by atoms with Gasteiger partial charge < -0.3 is 5.73 Å². The Kier molecular flexibility index (Phi) is 6.78. The largest absolute Gasteiger partial charge is 0.327 e. The van der Waals surface area contributed by atoms with E-state index in [1.807, 2.05) is 0 Å². The van der Waals surface area contributed by atoms with Gasteiger partial charge in [0.05, 0.1) is 0 Å². The van der Waals surface area contributed by atoms with Crippen LogP contribution in [0.2, 0.25) is 0 Å². The van der Waals surface area contributed by atoms with Crippen LogP contribution in [0, 0.1) is 29.6 Å². The summed E-state index contributed by atoms with van der Waals surface area (Å²) in [6.45, 7) is 9.49. The molecule has 0 radical (unpaired) electrons. The first kappa shape index (κ1) is 15.7. The highest BCUT2D eigenvalue weighted by Crippen LogP contribution is 2.50. The number of alkyl halides is 1. The molecule has 5 unspecified atom stereocenters. The van der Waals surface area contributed by atoms with Crippen molar-refractivity contribution in [2.45, 2.75) is 59.4 Å². The van der Waals surface area contributed by atoms with E-state index in [4.69, 9.17) is 5.73 Å². The van der Waals surface area contributed by atoms with Crippen molar-refractivity contribution in [1.29, 1.82) is 0 Å². The second-order valence-corrected chi connectivity index (χ2v) is 7.31. The van der Waals surface area contributed by atoms with Crippen molar-refractivity contribution in [2.75, 3.05) is 4.43 Å². The van der Waals surface area contributed by atoms with Gasteiger partial charge in [-0.2, -0.15) is 0 Å². The predicted molar refractivity (Wildman–Crippen MR) is 85.5 cm³/mol. The molecule has 0 amide bonds. The molecule has 1 aliphatic rings. The van der Waals surface area contributed by atoms with Crippen LogP contribution in [0.3, 0.4) is 0 Å². The molecule has 0 aromatic heterocycles. The molecule has 0 saturated heterocycles. The lowest BCUT2D eigenvalue weighted by Gasteiger charge is -2.28. The molecule has 1 aliphatic carbocycles. The average Bonchev–Trinajstić information content (AvgIpc) is 3.07. The van der Waals surface area contributed by atoms with Crippen molar-refractivity contribution < 1.29 is 0 Å². The fourth-order valence-electron chi connectivity index (χ4n) is 3.47. The van der Waals surface area contributed by atoms with Crippen LogP contribution in [0.25, 0.3) is 0 Å². The van der Waals surface area contributed by atoms with Crippen LogP contribution in [-0.2, 0) is 0 Å². The third kappa shape index (κ3) is 4.38. The second kappa shape index (κ2) is 7.32. The average molecular weight is 351 g/mol. The lowest BCUT2D eigenvalue weighted by Crippen LogP contribution is -2.26. The van der Waals surface area contributed by atoms with Gasteiger partial charge in [0.2, 0.25) is 0 Å². The van der Waals surface area contributed by atoms with E-state index in [1.165, 1.54) is 23.7 Å². The highest BCUT2D eigenvalue weighted by molar-refractivity contribution is 14.1. The van der Waals surface area contributed by atoms with E-state index in [9.17, 15) is 0 Å². The van der Waals surface area contributed by atoms with Gasteiger partial charge in [-0.15, -0.1) is 0 Å². The zero-order chi connectivity index (χ0) is 13.0. The summed E-state index contributed by atoms with van der Waals surface area (Å²) in [5.41, 5.74) is 6.18. The van der Waals surface area contributed by atoms with Crippen molar-refractivity contribution in [3.05, 3.63) is 0 Å². The maximum Gasteiger partial charge on any atom is 0.00673 e. The predicted octanol–water partition coefficient (Wildman–Crippen LogP) is 4.48. The van der Waals surface area contributed by atoms with Crippen LogP contribution in [-0.4, -0.2) is 10.5 Å². The summed E-state index contributed by atoms with van der Waals surface area (Å²) in [6, 6.07) is 0.458. The summed E-state index contributed by atoms with van der Waals surface area (Å²) in [6.07, 6.45) is 5.33. The van der Waals surface area contributed by atoms with Gasteiger partial charge in [-0.1, -0.05) is 50.3 Å². The smallest absolute Gasteiger partial charge is 0.00673 e. The van der Waals surface area contributed by atoms with Crippen LogP contribution in [0.5, 0.6) is 0 Å². The molecule has 0 bridgehead atoms. The summed E-state index contributed by atoms with van der Waals surface area (Å²) in [5.74, 6) is 4.36. The Morgan fingerprint density at radius 3 is 2.35 bits per heavy atom. The number of halogens is 1. The third-order valence-electron chi connectivity index (χ3n) is 4.79. The molecule has 0 aliphatic heterocycles. The second-order valence-electron chi connectivity index (χ2n) is 6.23. The van der Waals surface area contributed by atoms with Gasteiger partial charge in [0, 0.05) is 6.04 Å². The minimum absolute atomic E-state index is 0.458. The van der Waals surface area contributed by atoms with Crippen LogP contribution in [0.15, 0.2) is 0 Å². The van der Waals surface area contributed by atoms with Gasteiger partial charge in [0.1, 0.15) is 0 Å². The van der Waals surface area contributed by atoms with Gasteiger partial charge in [-0.25, -0.2) is 0 Å². The molecular weight excluding hydrogens is 321 g/mol. The van der Waals surface area contributed by atoms with E-state index in [1.54, 1.807) is 0 Å². The van der Waals surface area contributed by atoms with Crippen molar-refractivity contribution >= 4 is 22.6 Å². The molecule has 102 valence electrons. The molecule has 5 atom stereocenters. The highest BCUT2D eigenvalue weighted by Gasteiger charge is 2.46. The highest BCUT2D eigenvalue weighted by atomic mass is 127. The number of nitrogens with two attached hydrogens (primary N) is 1. The molecule has 1 fully saturated rings. The first-order valence-corrected chi connectivity index (χ1v) is 8.86. The molecular formula is C15H30IN. The van der Waals surface area contributed by atoms with E-state index in [0.717, 1.165) is 36.0 Å². The molecule has 0 aromatic carbocycles. The van der Waals surface area contributed by atoms with Crippen LogP contribution >= 0.6 is 22.6 Å². The van der Waals surface area contributed by atoms with Gasteiger partial charge in [-0.05, 0) is 59.7 Å². The number of hydrogen-bond donors (Lipinski definition) is 1. The quantitative estimate of drug-likeness (QED) is 0.506. The van der Waals surface area contributed by atoms with Gasteiger partial charge in [-0.3, -0.25) is 0 Å². The maximum atomic E-state index is 6.18. The molecule has 2 N–H and O–H groups in total. The van der Waals surface area contributed by atoms with Crippen LogP contribution in [0.4, 0.5) is 0 Å². The molecule has 1 rings (SSSR count). The lowest BCUT2D eigenvalue weighted by atomic mass is 9.78. The summed E-state index contributed by atoms with van der Waals surface area (Å²) in [4.78, 5) is 0. The van der Waals surface area contributed by atoms with E-state index < -0.39 is 0 Å². The molecule has 1 nitrogen and oxygen atoms in total. The fourth-order valence-corrected chi connectivity index (χ4v) is 3.91. The monoisotopic (exact) mass is 351 g/mol. The zero-order valence-corrected chi connectivity index (χ0v) is 14.1. The topological polar surface area (TPSA) is 26.0 Å². The third-order valence-corrected chi connectivity index (χ3v) is 5.55. The lowest BCUT2D eigenvalue weighted by molar-refractivity contribution is 0.218. The first-order valence-electron chi connectivity index (χ1n) is 7.34. The minimum Gasteiger partial charge on any atom is -0.327 e. The maximum absolute atomic E-state index is 6.18. The van der Waals surface area contributed by atoms with Gasteiger partial charge in [0.25, 0.3) is 0 Å². The van der Waals surface area contributed by atoms with Crippen molar-refractivity contribution in [2.24, 2.45) is 35.3 Å². The van der Waals surface area contributed by atoms with E-state index in [-0.39, 0.29) is 0 Å². The van der Waals surface area contributed by atoms with Crippen molar-refractivity contribution in [3.8, 4) is 0 Å². The van der Waals surface area contributed by atoms with E-state index >= 15 is 0 Å². The molecule has 0 heterocycles. The van der Waals surface area contributed by atoms with E-state index in [0.29, 0.717) is 6.04 Å².